The van der Waals surface area contributed by atoms with Gasteiger partial charge < -0.3 is 18.9 Å². The quantitative estimate of drug-likeness (QED) is 0.544. The van der Waals surface area contributed by atoms with Crippen LogP contribution in [0.1, 0.15) is 23.2 Å². The fraction of sp³-hybridized carbons (Fsp3) is 0.286. The summed E-state index contributed by atoms with van der Waals surface area (Å²) in [5, 5.41) is 4.93. The highest BCUT2D eigenvalue weighted by Crippen LogP contribution is 2.29. The normalized spacial score (nSPS) is 13.8. The lowest BCUT2D eigenvalue weighted by atomic mass is 10.0. The van der Waals surface area contributed by atoms with Gasteiger partial charge in [-0.25, -0.2) is 0 Å². The molecule has 9 heteroatoms. The predicted octanol–water partition coefficient (Wildman–Crippen LogP) is 3.98. The summed E-state index contributed by atoms with van der Waals surface area (Å²) in [5.41, 5.74) is 0.982. The van der Waals surface area contributed by atoms with E-state index in [4.69, 9.17) is 37.2 Å². The van der Waals surface area contributed by atoms with Crippen molar-refractivity contribution in [2.24, 2.45) is 0 Å². The molecule has 1 amide bonds. The number of hydrogen-bond acceptors (Lipinski definition) is 6. The molecule has 1 aromatic heterocycles. The van der Waals surface area contributed by atoms with Gasteiger partial charge in [-0.05, 0) is 24.3 Å². The molecule has 2 aromatic carbocycles. The number of benzene rings is 2. The van der Waals surface area contributed by atoms with Gasteiger partial charge in [-0.2, -0.15) is 4.98 Å². The Morgan fingerprint density at radius 1 is 1.20 bits per heavy atom. The highest BCUT2D eigenvalue weighted by Gasteiger charge is 2.35. The van der Waals surface area contributed by atoms with Gasteiger partial charge in [0, 0.05) is 30.1 Å². The number of halogens is 2. The van der Waals surface area contributed by atoms with Gasteiger partial charge in [0.25, 0.3) is 5.91 Å². The summed E-state index contributed by atoms with van der Waals surface area (Å²) < 4.78 is 16.3. The molecule has 0 bridgehead atoms. The van der Waals surface area contributed by atoms with Crippen molar-refractivity contribution >= 4 is 29.1 Å². The maximum atomic E-state index is 12.3. The lowest BCUT2D eigenvalue weighted by Gasteiger charge is -2.36. The van der Waals surface area contributed by atoms with E-state index in [9.17, 15) is 4.79 Å². The topological polar surface area (TPSA) is 77.7 Å². The first-order chi connectivity index (χ1) is 14.5. The first-order valence-electron chi connectivity index (χ1n) is 9.33. The van der Waals surface area contributed by atoms with Crippen LogP contribution in [0.3, 0.4) is 0 Å². The molecular formula is C21H19Cl2N3O4. The molecule has 0 N–H and O–H groups in total. The van der Waals surface area contributed by atoms with E-state index < -0.39 is 0 Å². The minimum absolute atomic E-state index is 0.0204. The highest BCUT2D eigenvalue weighted by molar-refractivity contribution is 6.35. The molecule has 1 saturated heterocycles. The van der Waals surface area contributed by atoms with Crippen LogP contribution in [0, 0.1) is 0 Å². The monoisotopic (exact) mass is 447 g/mol. The first-order valence-corrected chi connectivity index (χ1v) is 10.1. The van der Waals surface area contributed by atoms with Crippen LogP contribution in [0.2, 0.25) is 10.0 Å². The number of nitrogens with zero attached hydrogens (tertiary/aromatic N) is 3. The lowest BCUT2D eigenvalue weighted by molar-refractivity contribution is -0.138. The molecule has 2 heterocycles. The van der Waals surface area contributed by atoms with E-state index in [0.717, 1.165) is 11.3 Å². The largest absolute Gasteiger partial charge is 0.496 e. The molecule has 1 aliphatic rings. The number of carbonyl (C=O) groups is 1. The van der Waals surface area contributed by atoms with Crippen molar-refractivity contribution in [1.82, 2.24) is 15.0 Å². The van der Waals surface area contributed by atoms with Gasteiger partial charge >= 0.3 is 0 Å². The molecule has 3 aromatic rings. The van der Waals surface area contributed by atoms with Crippen LogP contribution in [0.25, 0.3) is 0 Å². The minimum Gasteiger partial charge on any atom is -0.496 e. The maximum absolute atomic E-state index is 12.3. The number of aromatic nitrogens is 2. The molecule has 0 spiro atoms. The van der Waals surface area contributed by atoms with E-state index >= 15 is 0 Å². The summed E-state index contributed by atoms with van der Waals surface area (Å²) in [6, 6.07) is 12.6. The standard InChI is InChI=1S/C21H19Cl2N3O4/c1-28-17-5-3-2-4-13(17)8-19-24-21(30-25-19)14-10-26(11-14)20(27)12-29-18-7-6-15(22)9-16(18)23/h2-7,9,14H,8,10-12H2,1H3. The molecule has 30 heavy (non-hydrogen) atoms. The van der Waals surface area contributed by atoms with E-state index in [1.165, 1.54) is 0 Å². The van der Waals surface area contributed by atoms with Crippen LogP contribution in [-0.4, -0.2) is 47.8 Å². The Hall–Kier alpha value is -2.77. The predicted molar refractivity (Wildman–Crippen MR) is 111 cm³/mol. The van der Waals surface area contributed by atoms with Gasteiger partial charge in [0.1, 0.15) is 11.5 Å². The Balaban J connectivity index is 1.28. The average Bonchev–Trinajstić information content (AvgIpc) is 3.14. The van der Waals surface area contributed by atoms with Gasteiger partial charge in [0.15, 0.2) is 12.4 Å². The molecule has 0 saturated carbocycles. The summed E-state index contributed by atoms with van der Waals surface area (Å²) in [5.74, 6) is 2.21. The number of para-hydroxylation sites is 1. The molecule has 1 fully saturated rings. The Morgan fingerprint density at radius 3 is 2.77 bits per heavy atom. The third kappa shape index (κ3) is 4.52. The third-order valence-corrected chi connectivity index (χ3v) is 5.38. The summed E-state index contributed by atoms with van der Waals surface area (Å²) in [6.07, 6.45) is 0.512. The number of hydrogen-bond donors (Lipinski definition) is 0. The molecule has 7 nitrogen and oxygen atoms in total. The van der Waals surface area contributed by atoms with Gasteiger partial charge in [0.2, 0.25) is 5.89 Å². The fourth-order valence-electron chi connectivity index (χ4n) is 3.19. The van der Waals surface area contributed by atoms with Gasteiger partial charge in [0.05, 0.1) is 18.1 Å². The molecule has 0 unspecified atom stereocenters. The molecule has 4 rings (SSSR count). The van der Waals surface area contributed by atoms with Gasteiger partial charge in [-0.15, -0.1) is 0 Å². The third-order valence-electron chi connectivity index (χ3n) is 4.85. The van der Waals surface area contributed by atoms with Crippen LogP contribution in [-0.2, 0) is 11.2 Å². The molecule has 0 atom stereocenters. The zero-order valence-corrected chi connectivity index (χ0v) is 17.7. The van der Waals surface area contributed by atoms with Crippen molar-refractivity contribution < 1.29 is 18.8 Å². The van der Waals surface area contributed by atoms with Crippen LogP contribution < -0.4 is 9.47 Å². The van der Waals surface area contributed by atoms with Crippen molar-refractivity contribution in [3.63, 3.8) is 0 Å². The average molecular weight is 448 g/mol. The number of rotatable bonds is 7. The molecule has 0 aliphatic carbocycles. The van der Waals surface area contributed by atoms with Crippen LogP contribution in [0.4, 0.5) is 0 Å². The highest BCUT2D eigenvalue weighted by atomic mass is 35.5. The summed E-state index contributed by atoms with van der Waals surface area (Å²) >= 11 is 11.9. The number of carbonyl (C=O) groups excluding carboxylic acids is 1. The van der Waals surface area contributed by atoms with Crippen LogP contribution in [0.5, 0.6) is 11.5 Å². The van der Waals surface area contributed by atoms with E-state index in [-0.39, 0.29) is 18.4 Å². The second-order valence-electron chi connectivity index (χ2n) is 6.90. The summed E-state index contributed by atoms with van der Waals surface area (Å²) in [7, 11) is 1.63. The zero-order valence-electron chi connectivity index (χ0n) is 16.2. The van der Waals surface area contributed by atoms with Crippen LogP contribution >= 0.6 is 23.2 Å². The number of likely N-dealkylation sites (tertiary alicyclic amines) is 1. The van der Waals surface area contributed by atoms with E-state index in [1.54, 1.807) is 30.2 Å². The Labute approximate surface area is 183 Å². The first kappa shape index (κ1) is 20.5. The van der Waals surface area contributed by atoms with E-state index in [1.807, 2.05) is 24.3 Å². The zero-order chi connectivity index (χ0) is 21.1. The number of methoxy groups -OCH3 is 1. The van der Waals surface area contributed by atoms with Crippen molar-refractivity contribution in [2.75, 3.05) is 26.8 Å². The molecule has 1 aliphatic heterocycles. The van der Waals surface area contributed by atoms with E-state index in [0.29, 0.717) is 47.0 Å². The Kier molecular flexibility index (Phi) is 6.11. The van der Waals surface area contributed by atoms with Crippen LogP contribution in [0.15, 0.2) is 47.0 Å². The van der Waals surface area contributed by atoms with Crippen molar-refractivity contribution in [2.45, 2.75) is 12.3 Å². The van der Waals surface area contributed by atoms with Crippen molar-refractivity contribution in [3.05, 3.63) is 69.8 Å². The summed E-state index contributed by atoms with van der Waals surface area (Å²) in [4.78, 5) is 18.5. The number of amides is 1. The molecule has 0 radical (unpaired) electrons. The van der Waals surface area contributed by atoms with Gasteiger partial charge in [-0.1, -0.05) is 46.6 Å². The van der Waals surface area contributed by atoms with Crippen molar-refractivity contribution in [1.29, 1.82) is 0 Å². The smallest absolute Gasteiger partial charge is 0.260 e. The molecule has 156 valence electrons. The number of ether oxygens (including phenoxy) is 2. The second-order valence-corrected chi connectivity index (χ2v) is 7.74. The van der Waals surface area contributed by atoms with Gasteiger partial charge in [-0.3, -0.25) is 4.79 Å². The molecular weight excluding hydrogens is 429 g/mol. The second kappa shape index (κ2) is 8.93. The summed E-state index contributed by atoms with van der Waals surface area (Å²) in [6.45, 7) is 0.913. The minimum atomic E-state index is -0.133. The Morgan fingerprint density at radius 2 is 2.00 bits per heavy atom. The lowest BCUT2D eigenvalue weighted by Crippen LogP contribution is -2.50. The van der Waals surface area contributed by atoms with E-state index in [2.05, 4.69) is 10.1 Å². The SMILES string of the molecule is COc1ccccc1Cc1noc(C2CN(C(=O)COc3ccc(Cl)cc3Cl)C2)n1. The Bertz CT molecular complexity index is 1050. The fourth-order valence-corrected chi connectivity index (χ4v) is 3.65. The van der Waals surface area contributed by atoms with Crippen molar-refractivity contribution in [3.8, 4) is 11.5 Å². The maximum Gasteiger partial charge on any atom is 0.260 e.